The molecule has 0 spiro atoms. The molecule has 1 aromatic heterocycles. The van der Waals surface area contributed by atoms with Crippen molar-refractivity contribution in [1.29, 1.82) is 0 Å². The molecule has 1 atom stereocenters. The van der Waals surface area contributed by atoms with Crippen molar-refractivity contribution in [3.8, 4) is 0 Å². The van der Waals surface area contributed by atoms with Crippen molar-refractivity contribution in [2.45, 2.75) is 19.9 Å². The molecule has 0 amide bonds. The predicted molar refractivity (Wildman–Crippen MR) is 54.3 cm³/mol. The van der Waals surface area contributed by atoms with Crippen molar-refractivity contribution in [3.63, 3.8) is 0 Å². The Morgan fingerprint density at radius 2 is 2.31 bits per heavy atom. The summed E-state index contributed by atoms with van der Waals surface area (Å²) in [6.07, 6.45) is 1.64. The topological polar surface area (TPSA) is 56.0 Å². The van der Waals surface area contributed by atoms with E-state index in [4.69, 9.17) is 5.73 Å². The lowest BCUT2D eigenvalue weighted by Gasteiger charge is -2.09. The first-order valence-corrected chi connectivity index (χ1v) is 4.69. The van der Waals surface area contributed by atoms with Gasteiger partial charge < -0.3 is 5.73 Å². The lowest BCUT2D eigenvalue weighted by Crippen LogP contribution is -2.20. The number of halogens is 1. The highest BCUT2D eigenvalue weighted by Gasteiger charge is 2.14. The van der Waals surface area contributed by atoms with Crippen molar-refractivity contribution < 1.29 is 4.79 Å². The SMILES string of the molecule is CC(=O)C(N)c1ncc(Br)cc1C. The third-order valence-corrected chi connectivity index (χ3v) is 2.25. The molecule has 0 aliphatic heterocycles. The third kappa shape index (κ3) is 2.35. The van der Waals surface area contributed by atoms with E-state index in [-0.39, 0.29) is 5.78 Å². The maximum Gasteiger partial charge on any atom is 0.152 e. The van der Waals surface area contributed by atoms with Crippen molar-refractivity contribution in [2.75, 3.05) is 0 Å². The molecule has 0 radical (unpaired) electrons. The summed E-state index contributed by atoms with van der Waals surface area (Å²) in [5.74, 6) is -0.0714. The molecule has 0 aliphatic carbocycles. The summed E-state index contributed by atoms with van der Waals surface area (Å²) in [4.78, 5) is 15.1. The van der Waals surface area contributed by atoms with Crippen molar-refractivity contribution in [1.82, 2.24) is 4.98 Å². The summed E-state index contributed by atoms with van der Waals surface area (Å²) in [5, 5.41) is 0. The minimum absolute atomic E-state index is 0.0714. The Morgan fingerprint density at radius 3 is 2.77 bits per heavy atom. The van der Waals surface area contributed by atoms with E-state index >= 15 is 0 Å². The van der Waals surface area contributed by atoms with E-state index in [1.165, 1.54) is 6.92 Å². The smallest absolute Gasteiger partial charge is 0.152 e. The molecule has 1 unspecified atom stereocenters. The largest absolute Gasteiger partial charge is 0.317 e. The van der Waals surface area contributed by atoms with Gasteiger partial charge in [0.1, 0.15) is 6.04 Å². The number of carbonyl (C=O) groups excluding carboxylic acids is 1. The number of carbonyl (C=O) groups is 1. The number of aryl methyl sites for hydroxylation is 1. The molecule has 70 valence electrons. The number of pyridine rings is 1. The number of rotatable bonds is 2. The second-order valence-corrected chi connectivity index (χ2v) is 3.86. The average Bonchev–Trinajstić information content (AvgIpc) is 2.03. The Labute approximate surface area is 85.5 Å². The van der Waals surface area contributed by atoms with E-state index in [2.05, 4.69) is 20.9 Å². The molecule has 0 bridgehead atoms. The van der Waals surface area contributed by atoms with Gasteiger partial charge in [-0.25, -0.2) is 0 Å². The molecule has 0 aromatic carbocycles. The van der Waals surface area contributed by atoms with Crippen LogP contribution in [0.4, 0.5) is 0 Å². The van der Waals surface area contributed by atoms with E-state index in [0.717, 1.165) is 10.0 Å². The van der Waals surface area contributed by atoms with Gasteiger partial charge in [0, 0.05) is 10.7 Å². The van der Waals surface area contributed by atoms with Gasteiger partial charge in [-0.15, -0.1) is 0 Å². The monoisotopic (exact) mass is 242 g/mol. The highest BCUT2D eigenvalue weighted by molar-refractivity contribution is 9.10. The molecule has 0 aliphatic rings. The number of hydrogen-bond acceptors (Lipinski definition) is 3. The molecule has 3 nitrogen and oxygen atoms in total. The van der Waals surface area contributed by atoms with Crippen molar-refractivity contribution in [3.05, 3.63) is 28.0 Å². The summed E-state index contributed by atoms with van der Waals surface area (Å²) >= 11 is 3.29. The van der Waals surface area contributed by atoms with Crippen LogP contribution in [-0.4, -0.2) is 10.8 Å². The first kappa shape index (κ1) is 10.3. The molecule has 2 N–H and O–H groups in total. The fourth-order valence-corrected chi connectivity index (χ4v) is 1.51. The van der Waals surface area contributed by atoms with Crippen LogP contribution in [0.1, 0.15) is 24.2 Å². The lowest BCUT2D eigenvalue weighted by atomic mass is 10.1. The molecule has 0 saturated heterocycles. The van der Waals surface area contributed by atoms with Crippen LogP contribution in [0.3, 0.4) is 0 Å². The third-order valence-electron chi connectivity index (χ3n) is 1.82. The first-order chi connectivity index (χ1) is 6.02. The van der Waals surface area contributed by atoms with Crippen LogP contribution in [0.15, 0.2) is 16.7 Å². The van der Waals surface area contributed by atoms with Gasteiger partial charge >= 0.3 is 0 Å². The summed E-state index contributed by atoms with van der Waals surface area (Å²) in [6, 6.07) is 1.29. The first-order valence-electron chi connectivity index (χ1n) is 3.90. The fraction of sp³-hybridized carbons (Fsp3) is 0.333. The van der Waals surface area contributed by atoms with Crippen molar-refractivity contribution in [2.24, 2.45) is 5.73 Å². The number of aromatic nitrogens is 1. The summed E-state index contributed by atoms with van der Waals surface area (Å²) in [6.45, 7) is 3.35. The Bertz CT molecular complexity index is 338. The fourth-order valence-electron chi connectivity index (χ4n) is 1.07. The molecule has 0 fully saturated rings. The van der Waals surface area contributed by atoms with Crippen LogP contribution >= 0.6 is 15.9 Å². The number of Topliss-reactive ketones (excluding diaryl/α,β-unsaturated/α-hetero) is 1. The minimum atomic E-state index is -0.604. The Hall–Kier alpha value is -0.740. The van der Waals surface area contributed by atoms with E-state index in [1.807, 2.05) is 13.0 Å². The van der Waals surface area contributed by atoms with Gasteiger partial charge in [0.2, 0.25) is 0 Å². The van der Waals surface area contributed by atoms with Crippen LogP contribution in [0.2, 0.25) is 0 Å². The van der Waals surface area contributed by atoms with Crippen molar-refractivity contribution >= 4 is 21.7 Å². The Kier molecular flexibility index (Phi) is 3.17. The molecule has 1 heterocycles. The molecule has 1 rings (SSSR count). The van der Waals surface area contributed by atoms with Gasteiger partial charge in [-0.2, -0.15) is 0 Å². The maximum atomic E-state index is 11.0. The molecule has 1 aromatic rings. The van der Waals surface area contributed by atoms with E-state index in [0.29, 0.717) is 5.69 Å². The van der Waals surface area contributed by atoms with Crippen LogP contribution in [-0.2, 0) is 4.79 Å². The molecule has 0 saturated carbocycles. The highest BCUT2D eigenvalue weighted by atomic mass is 79.9. The zero-order chi connectivity index (χ0) is 10.0. The standard InChI is InChI=1S/C9H11BrN2O/c1-5-3-7(10)4-12-9(5)8(11)6(2)13/h3-4,8H,11H2,1-2H3. The number of nitrogens with zero attached hydrogens (tertiary/aromatic N) is 1. The molecule has 4 heteroatoms. The zero-order valence-corrected chi connectivity index (χ0v) is 9.13. The van der Waals surface area contributed by atoms with Gasteiger partial charge in [-0.05, 0) is 41.4 Å². The van der Waals surface area contributed by atoms with E-state index < -0.39 is 6.04 Å². The second kappa shape index (κ2) is 3.98. The highest BCUT2D eigenvalue weighted by Crippen LogP contribution is 2.17. The average molecular weight is 243 g/mol. The minimum Gasteiger partial charge on any atom is -0.317 e. The van der Waals surface area contributed by atoms with E-state index in [1.54, 1.807) is 6.20 Å². The van der Waals surface area contributed by atoms with Crippen LogP contribution in [0.5, 0.6) is 0 Å². The summed E-state index contributed by atoms with van der Waals surface area (Å²) < 4.78 is 0.893. The molecular formula is C9H11BrN2O. The van der Waals surface area contributed by atoms with Crippen LogP contribution in [0.25, 0.3) is 0 Å². The van der Waals surface area contributed by atoms with Crippen LogP contribution < -0.4 is 5.73 Å². The maximum absolute atomic E-state index is 11.0. The van der Waals surface area contributed by atoms with Gasteiger partial charge in [0.05, 0.1) is 5.69 Å². The van der Waals surface area contributed by atoms with Gasteiger partial charge in [-0.1, -0.05) is 0 Å². The lowest BCUT2D eigenvalue weighted by molar-refractivity contribution is -0.118. The number of nitrogens with two attached hydrogens (primary N) is 1. The Balaban J connectivity index is 3.08. The predicted octanol–water partition coefficient (Wildman–Crippen LogP) is 1.74. The molecular weight excluding hydrogens is 232 g/mol. The summed E-state index contributed by atoms with van der Waals surface area (Å²) in [7, 11) is 0. The van der Waals surface area contributed by atoms with Crippen LogP contribution in [0, 0.1) is 6.92 Å². The Morgan fingerprint density at radius 1 is 1.69 bits per heavy atom. The molecule has 13 heavy (non-hydrogen) atoms. The zero-order valence-electron chi connectivity index (χ0n) is 7.54. The number of hydrogen-bond donors (Lipinski definition) is 1. The van der Waals surface area contributed by atoms with Gasteiger partial charge in [0.15, 0.2) is 5.78 Å². The normalized spacial score (nSPS) is 12.6. The number of ketones is 1. The quantitative estimate of drug-likeness (QED) is 0.860. The summed E-state index contributed by atoms with van der Waals surface area (Å²) in [5.41, 5.74) is 7.24. The van der Waals surface area contributed by atoms with Gasteiger partial charge in [-0.3, -0.25) is 9.78 Å². The van der Waals surface area contributed by atoms with E-state index in [9.17, 15) is 4.79 Å². The van der Waals surface area contributed by atoms with Gasteiger partial charge in [0.25, 0.3) is 0 Å². The second-order valence-electron chi connectivity index (χ2n) is 2.94.